The Labute approximate surface area is 78.4 Å². The molecule has 0 saturated carbocycles. The van der Waals surface area contributed by atoms with E-state index in [-0.39, 0.29) is 24.8 Å². The molecule has 0 aromatic rings. The zero-order chi connectivity index (χ0) is 9.68. The van der Waals surface area contributed by atoms with E-state index >= 15 is 0 Å². The molecule has 3 heteroatoms. The second kappa shape index (κ2) is 4.88. The molecule has 1 fully saturated rings. The molecule has 3 nitrogen and oxygen atoms in total. The van der Waals surface area contributed by atoms with Crippen molar-refractivity contribution >= 4 is 5.97 Å². The van der Waals surface area contributed by atoms with E-state index in [1.54, 1.807) is 6.92 Å². The minimum absolute atomic E-state index is 0.170. The predicted molar refractivity (Wildman–Crippen MR) is 48.0 cm³/mol. The van der Waals surface area contributed by atoms with Crippen molar-refractivity contribution in [3.63, 3.8) is 0 Å². The lowest BCUT2D eigenvalue weighted by Crippen LogP contribution is -2.23. The van der Waals surface area contributed by atoms with Crippen molar-refractivity contribution in [3.8, 4) is 11.8 Å². The average Bonchev–Trinajstić information content (AvgIpc) is 2.52. The summed E-state index contributed by atoms with van der Waals surface area (Å²) in [5.74, 6) is 5.03. The summed E-state index contributed by atoms with van der Waals surface area (Å²) in [6.07, 6.45) is 1.50. The zero-order valence-corrected chi connectivity index (χ0v) is 8.00. The van der Waals surface area contributed by atoms with Gasteiger partial charge in [-0.15, -0.1) is 5.92 Å². The van der Waals surface area contributed by atoms with Gasteiger partial charge in [0.2, 0.25) is 0 Å². The second-order valence-electron chi connectivity index (χ2n) is 3.05. The van der Waals surface area contributed by atoms with E-state index in [0.717, 1.165) is 12.8 Å². The molecule has 1 saturated heterocycles. The highest BCUT2D eigenvalue weighted by atomic mass is 16.6. The van der Waals surface area contributed by atoms with Crippen LogP contribution in [0.5, 0.6) is 0 Å². The maximum atomic E-state index is 11.3. The zero-order valence-electron chi connectivity index (χ0n) is 8.00. The highest BCUT2D eigenvalue weighted by Crippen LogP contribution is 2.19. The van der Waals surface area contributed by atoms with Gasteiger partial charge in [0.1, 0.15) is 0 Å². The summed E-state index contributed by atoms with van der Waals surface area (Å²) in [4.78, 5) is 11.3. The Bertz CT molecular complexity index is 236. The number of ether oxygens (including phenoxy) is 2. The Morgan fingerprint density at radius 2 is 2.38 bits per heavy atom. The fraction of sp³-hybridized carbons (Fsp3) is 0.700. The minimum atomic E-state index is -0.367. The molecule has 2 atom stereocenters. The van der Waals surface area contributed by atoms with Crippen molar-refractivity contribution in [3.05, 3.63) is 0 Å². The Morgan fingerprint density at radius 1 is 1.62 bits per heavy atom. The SMILES string of the molecule is CC#CCOC(=O)[C@@H]1CC[C@H](C)O1. The molecule has 0 amide bonds. The van der Waals surface area contributed by atoms with Crippen molar-refractivity contribution in [2.45, 2.75) is 38.9 Å². The molecule has 1 rings (SSSR count). The lowest BCUT2D eigenvalue weighted by atomic mass is 10.2. The molecule has 0 aliphatic carbocycles. The fourth-order valence-electron chi connectivity index (χ4n) is 1.25. The van der Waals surface area contributed by atoms with Gasteiger partial charge in [0.25, 0.3) is 0 Å². The number of esters is 1. The third-order valence-corrected chi connectivity index (χ3v) is 1.96. The average molecular weight is 182 g/mol. The van der Waals surface area contributed by atoms with Crippen molar-refractivity contribution < 1.29 is 14.3 Å². The Kier molecular flexibility index (Phi) is 3.78. The summed E-state index contributed by atoms with van der Waals surface area (Å²) in [7, 11) is 0. The molecule has 0 bridgehead atoms. The van der Waals surface area contributed by atoms with Crippen molar-refractivity contribution in [2.75, 3.05) is 6.61 Å². The van der Waals surface area contributed by atoms with Crippen LogP contribution < -0.4 is 0 Å². The Morgan fingerprint density at radius 3 is 2.92 bits per heavy atom. The summed E-state index contributed by atoms with van der Waals surface area (Å²) in [5.41, 5.74) is 0. The Balaban J connectivity index is 2.26. The molecule has 0 N–H and O–H groups in total. The van der Waals surface area contributed by atoms with Crippen LogP contribution >= 0.6 is 0 Å². The van der Waals surface area contributed by atoms with Crippen LogP contribution in [-0.4, -0.2) is 24.8 Å². The minimum Gasteiger partial charge on any atom is -0.451 e. The molecule has 0 radical (unpaired) electrons. The van der Waals surface area contributed by atoms with Gasteiger partial charge < -0.3 is 9.47 Å². The lowest BCUT2D eigenvalue weighted by molar-refractivity contribution is -0.154. The smallest absolute Gasteiger partial charge is 0.336 e. The maximum Gasteiger partial charge on any atom is 0.336 e. The third kappa shape index (κ3) is 3.08. The van der Waals surface area contributed by atoms with Crippen molar-refractivity contribution in [1.82, 2.24) is 0 Å². The maximum absolute atomic E-state index is 11.3. The summed E-state index contributed by atoms with van der Waals surface area (Å²) in [6, 6.07) is 0. The van der Waals surface area contributed by atoms with Gasteiger partial charge in [0, 0.05) is 0 Å². The van der Waals surface area contributed by atoms with E-state index in [1.807, 2.05) is 6.92 Å². The summed E-state index contributed by atoms with van der Waals surface area (Å²) in [5, 5.41) is 0. The molecule has 0 aromatic carbocycles. The number of rotatable bonds is 2. The first-order valence-corrected chi connectivity index (χ1v) is 4.45. The van der Waals surface area contributed by atoms with E-state index in [9.17, 15) is 4.79 Å². The molecule has 0 aromatic heterocycles. The van der Waals surface area contributed by atoms with Crippen LogP contribution in [0.1, 0.15) is 26.7 Å². The van der Waals surface area contributed by atoms with Crippen LogP contribution in [0.2, 0.25) is 0 Å². The number of carbonyl (C=O) groups is 1. The summed E-state index contributed by atoms with van der Waals surface area (Å²) >= 11 is 0. The molecular formula is C10H14O3. The molecular weight excluding hydrogens is 168 g/mol. The first kappa shape index (κ1) is 10.1. The molecule has 72 valence electrons. The standard InChI is InChI=1S/C10H14O3/c1-3-4-7-12-10(11)9-6-5-8(2)13-9/h8-9H,5-7H2,1-2H3/t8-,9-/m0/s1. The van der Waals surface area contributed by atoms with Crippen LogP contribution in [0.15, 0.2) is 0 Å². The number of hydrogen-bond donors (Lipinski definition) is 0. The lowest BCUT2D eigenvalue weighted by Gasteiger charge is -2.08. The normalized spacial score (nSPS) is 26.3. The van der Waals surface area contributed by atoms with Gasteiger partial charge in [-0.25, -0.2) is 4.79 Å². The van der Waals surface area contributed by atoms with E-state index in [2.05, 4.69) is 11.8 Å². The van der Waals surface area contributed by atoms with E-state index in [0.29, 0.717) is 0 Å². The molecule has 0 unspecified atom stereocenters. The van der Waals surface area contributed by atoms with Crippen LogP contribution in [0.25, 0.3) is 0 Å². The third-order valence-electron chi connectivity index (χ3n) is 1.96. The summed E-state index contributed by atoms with van der Waals surface area (Å²) in [6.45, 7) is 3.84. The van der Waals surface area contributed by atoms with Gasteiger partial charge in [0.15, 0.2) is 12.7 Å². The highest BCUT2D eigenvalue weighted by molar-refractivity contribution is 5.75. The molecule has 1 heterocycles. The van der Waals surface area contributed by atoms with Gasteiger partial charge in [0.05, 0.1) is 6.10 Å². The molecule has 13 heavy (non-hydrogen) atoms. The van der Waals surface area contributed by atoms with Gasteiger partial charge in [-0.3, -0.25) is 0 Å². The first-order chi connectivity index (χ1) is 6.24. The summed E-state index contributed by atoms with van der Waals surface area (Å²) < 4.78 is 10.2. The van der Waals surface area contributed by atoms with Gasteiger partial charge in [-0.05, 0) is 26.7 Å². The topological polar surface area (TPSA) is 35.5 Å². The monoisotopic (exact) mass is 182 g/mol. The van der Waals surface area contributed by atoms with Crippen molar-refractivity contribution in [1.29, 1.82) is 0 Å². The molecule has 0 spiro atoms. The quantitative estimate of drug-likeness (QED) is 0.474. The number of carbonyl (C=O) groups excluding carboxylic acids is 1. The van der Waals surface area contributed by atoms with E-state index in [4.69, 9.17) is 9.47 Å². The van der Waals surface area contributed by atoms with Gasteiger partial charge in [-0.2, -0.15) is 0 Å². The van der Waals surface area contributed by atoms with Crippen LogP contribution in [0.4, 0.5) is 0 Å². The van der Waals surface area contributed by atoms with Crippen LogP contribution in [-0.2, 0) is 14.3 Å². The van der Waals surface area contributed by atoms with E-state index < -0.39 is 0 Å². The van der Waals surface area contributed by atoms with E-state index in [1.165, 1.54) is 0 Å². The van der Waals surface area contributed by atoms with Gasteiger partial charge >= 0.3 is 5.97 Å². The second-order valence-corrected chi connectivity index (χ2v) is 3.05. The molecule has 1 aliphatic heterocycles. The largest absolute Gasteiger partial charge is 0.451 e. The highest BCUT2D eigenvalue weighted by Gasteiger charge is 2.29. The van der Waals surface area contributed by atoms with Gasteiger partial charge in [-0.1, -0.05) is 5.92 Å². The molecule has 1 aliphatic rings. The fourth-order valence-corrected chi connectivity index (χ4v) is 1.25. The van der Waals surface area contributed by atoms with Crippen molar-refractivity contribution in [2.24, 2.45) is 0 Å². The first-order valence-electron chi connectivity index (χ1n) is 4.45. The predicted octanol–water partition coefficient (Wildman–Crippen LogP) is 1.12. The van der Waals surface area contributed by atoms with Crippen LogP contribution in [0, 0.1) is 11.8 Å². The Hall–Kier alpha value is -1.01. The van der Waals surface area contributed by atoms with Crippen LogP contribution in [0.3, 0.4) is 0 Å². The number of hydrogen-bond acceptors (Lipinski definition) is 3.